The molecule has 104 valence electrons. The number of carbonyl (C=O) groups excluding carboxylic acids is 1. The Morgan fingerprint density at radius 2 is 1.70 bits per heavy atom. The smallest absolute Gasteiger partial charge is 0.253 e. The van der Waals surface area contributed by atoms with Gasteiger partial charge in [0, 0.05) is 12.6 Å². The van der Waals surface area contributed by atoms with Crippen molar-refractivity contribution in [1.82, 2.24) is 4.90 Å². The van der Waals surface area contributed by atoms with Crippen molar-refractivity contribution >= 4 is 5.91 Å². The van der Waals surface area contributed by atoms with Crippen molar-refractivity contribution in [2.75, 3.05) is 20.2 Å². The second kappa shape index (κ2) is 6.75. The van der Waals surface area contributed by atoms with Gasteiger partial charge in [-0.25, -0.2) is 0 Å². The first-order chi connectivity index (χ1) is 9.68. The third kappa shape index (κ3) is 3.60. The summed E-state index contributed by atoms with van der Waals surface area (Å²) in [4.78, 5) is 14.0. The van der Waals surface area contributed by atoms with Crippen molar-refractivity contribution in [3.63, 3.8) is 0 Å². The van der Waals surface area contributed by atoms with Crippen molar-refractivity contribution in [2.45, 2.75) is 6.92 Å². The summed E-state index contributed by atoms with van der Waals surface area (Å²) >= 11 is 0. The molecule has 2 rings (SSSR count). The van der Waals surface area contributed by atoms with E-state index in [0.717, 1.165) is 16.9 Å². The summed E-state index contributed by atoms with van der Waals surface area (Å²) < 4.78 is 5.60. The Morgan fingerprint density at radius 3 is 2.40 bits per heavy atom. The molecule has 0 atom stereocenters. The Labute approximate surface area is 119 Å². The standard InChI is InChI=1S/C17H19NO2/c1-14-8-6-7-11-16(14)17(19)18(2)12-13-20-15-9-4-3-5-10-15/h3-11H,12-13H2,1-2H3. The molecule has 3 nitrogen and oxygen atoms in total. The molecule has 20 heavy (non-hydrogen) atoms. The summed E-state index contributed by atoms with van der Waals surface area (Å²) in [5.74, 6) is 0.851. The maximum atomic E-state index is 12.3. The van der Waals surface area contributed by atoms with Crippen molar-refractivity contribution in [1.29, 1.82) is 0 Å². The van der Waals surface area contributed by atoms with Crippen molar-refractivity contribution < 1.29 is 9.53 Å². The molecule has 1 amide bonds. The van der Waals surface area contributed by atoms with Gasteiger partial charge in [0.2, 0.25) is 0 Å². The first kappa shape index (κ1) is 14.1. The van der Waals surface area contributed by atoms with Gasteiger partial charge in [0.15, 0.2) is 0 Å². The van der Waals surface area contributed by atoms with Gasteiger partial charge in [-0.1, -0.05) is 36.4 Å². The van der Waals surface area contributed by atoms with E-state index in [9.17, 15) is 4.79 Å². The molecule has 0 saturated heterocycles. The van der Waals surface area contributed by atoms with E-state index in [-0.39, 0.29) is 5.91 Å². The van der Waals surface area contributed by atoms with Crippen LogP contribution in [0.25, 0.3) is 0 Å². The highest BCUT2D eigenvalue weighted by atomic mass is 16.5. The highest BCUT2D eigenvalue weighted by molar-refractivity contribution is 5.95. The number of rotatable bonds is 5. The van der Waals surface area contributed by atoms with E-state index in [1.54, 1.807) is 11.9 Å². The molecule has 0 saturated carbocycles. The maximum absolute atomic E-state index is 12.3. The topological polar surface area (TPSA) is 29.5 Å². The molecule has 0 aliphatic rings. The molecule has 0 aliphatic carbocycles. The monoisotopic (exact) mass is 269 g/mol. The second-order valence-electron chi connectivity index (χ2n) is 4.70. The molecule has 2 aromatic carbocycles. The van der Waals surface area contributed by atoms with E-state index >= 15 is 0 Å². The van der Waals surface area contributed by atoms with Gasteiger partial charge in [0.25, 0.3) is 5.91 Å². The lowest BCUT2D eigenvalue weighted by Gasteiger charge is -2.18. The third-order valence-corrected chi connectivity index (χ3v) is 3.16. The predicted molar refractivity (Wildman–Crippen MR) is 80.1 cm³/mol. The highest BCUT2D eigenvalue weighted by Gasteiger charge is 2.13. The summed E-state index contributed by atoms with van der Waals surface area (Å²) in [5, 5.41) is 0. The van der Waals surface area contributed by atoms with Crippen LogP contribution in [0.5, 0.6) is 5.75 Å². The predicted octanol–water partition coefficient (Wildman–Crippen LogP) is 3.15. The van der Waals surface area contributed by atoms with Crippen LogP contribution in [0, 0.1) is 6.92 Å². The molecule has 0 aliphatic heterocycles. The number of benzene rings is 2. The number of likely N-dealkylation sites (N-methyl/N-ethyl adjacent to an activating group) is 1. The fourth-order valence-electron chi connectivity index (χ4n) is 1.94. The maximum Gasteiger partial charge on any atom is 0.253 e. The Kier molecular flexibility index (Phi) is 4.77. The minimum atomic E-state index is 0.0276. The van der Waals surface area contributed by atoms with Gasteiger partial charge in [-0.2, -0.15) is 0 Å². The quantitative estimate of drug-likeness (QED) is 0.834. The van der Waals surface area contributed by atoms with Gasteiger partial charge in [-0.3, -0.25) is 4.79 Å². The molecule has 2 aromatic rings. The average molecular weight is 269 g/mol. The number of hydrogen-bond acceptors (Lipinski definition) is 2. The SMILES string of the molecule is Cc1ccccc1C(=O)N(C)CCOc1ccccc1. The van der Waals surface area contributed by atoms with E-state index in [4.69, 9.17) is 4.74 Å². The number of aryl methyl sites for hydroxylation is 1. The van der Waals surface area contributed by atoms with Crippen LogP contribution < -0.4 is 4.74 Å². The Bertz CT molecular complexity index is 566. The van der Waals surface area contributed by atoms with E-state index in [1.165, 1.54) is 0 Å². The van der Waals surface area contributed by atoms with Crippen LogP contribution >= 0.6 is 0 Å². The number of para-hydroxylation sites is 1. The summed E-state index contributed by atoms with van der Waals surface area (Å²) in [6, 6.07) is 17.2. The summed E-state index contributed by atoms with van der Waals surface area (Å²) in [6.07, 6.45) is 0. The third-order valence-electron chi connectivity index (χ3n) is 3.16. The van der Waals surface area contributed by atoms with Gasteiger partial charge < -0.3 is 9.64 Å². The van der Waals surface area contributed by atoms with E-state index in [1.807, 2.05) is 61.5 Å². The van der Waals surface area contributed by atoms with Crippen LogP contribution in [0.15, 0.2) is 54.6 Å². The lowest BCUT2D eigenvalue weighted by Crippen LogP contribution is -2.31. The molecule has 0 unspecified atom stereocenters. The van der Waals surface area contributed by atoms with E-state index < -0.39 is 0 Å². The van der Waals surface area contributed by atoms with Gasteiger partial charge in [-0.15, -0.1) is 0 Å². The molecule has 0 spiro atoms. The Balaban J connectivity index is 1.87. The van der Waals surface area contributed by atoms with E-state index in [0.29, 0.717) is 13.2 Å². The minimum absolute atomic E-state index is 0.0276. The Hall–Kier alpha value is -2.29. The van der Waals surface area contributed by atoms with Crippen LogP contribution in [0.4, 0.5) is 0 Å². The zero-order valence-electron chi connectivity index (χ0n) is 11.9. The van der Waals surface area contributed by atoms with Gasteiger partial charge in [0.1, 0.15) is 12.4 Å². The fraction of sp³-hybridized carbons (Fsp3) is 0.235. The van der Waals surface area contributed by atoms with Gasteiger partial charge in [-0.05, 0) is 30.7 Å². The zero-order chi connectivity index (χ0) is 14.4. The number of hydrogen-bond donors (Lipinski definition) is 0. The fourth-order valence-corrected chi connectivity index (χ4v) is 1.94. The van der Waals surface area contributed by atoms with Crippen LogP contribution in [-0.2, 0) is 0 Å². The number of nitrogens with zero attached hydrogens (tertiary/aromatic N) is 1. The molecular weight excluding hydrogens is 250 g/mol. The first-order valence-corrected chi connectivity index (χ1v) is 6.67. The average Bonchev–Trinajstić information content (AvgIpc) is 2.48. The molecule has 0 bridgehead atoms. The second-order valence-corrected chi connectivity index (χ2v) is 4.70. The van der Waals surface area contributed by atoms with E-state index in [2.05, 4.69) is 0 Å². The van der Waals surface area contributed by atoms with Crippen molar-refractivity contribution in [3.05, 3.63) is 65.7 Å². The van der Waals surface area contributed by atoms with Gasteiger partial charge in [0.05, 0.1) is 6.54 Å². The zero-order valence-corrected chi connectivity index (χ0v) is 11.9. The largest absolute Gasteiger partial charge is 0.492 e. The molecule has 0 aromatic heterocycles. The summed E-state index contributed by atoms with van der Waals surface area (Å²) in [5.41, 5.74) is 1.74. The molecule has 0 radical (unpaired) electrons. The molecule has 0 fully saturated rings. The van der Waals surface area contributed by atoms with Crippen LogP contribution in [-0.4, -0.2) is 31.0 Å². The van der Waals surface area contributed by atoms with Crippen LogP contribution in [0.2, 0.25) is 0 Å². The summed E-state index contributed by atoms with van der Waals surface area (Å²) in [6.45, 7) is 2.99. The number of amides is 1. The minimum Gasteiger partial charge on any atom is -0.492 e. The molecule has 3 heteroatoms. The Morgan fingerprint density at radius 1 is 1.05 bits per heavy atom. The lowest BCUT2D eigenvalue weighted by atomic mass is 10.1. The van der Waals surface area contributed by atoms with Gasteiger partial charge >= 0.3 is 0 Å². The number of carbonyl (C=O) groups is 1. The molecule has 0 heterocycles. The van der Waals surface area contributed by atoms with Crippen molar-refractivity contribution in [2.24, 2.45) is 0 Å². The number of ether oxygens (including phenoxy) is 1. The summed E-state index contributed by atoms with van der Waals surface area (Å²) in [7, 11) is 1.79. The lowest BCUT2D eigenvalue weighted by molar-refractivity contribution is 0.0773. The van der Waals surface area contributed by atoms with Crippen LogP contribution in [0.3, 0.4) is 0 Å². The van der Waals surface area contributed by atoms with Crippen LogP contribution in [0.1, 0.15) is 15.9 Å². The molecular formula is C17H19NO2. The van der Waals surface area contributed by atoms with Crippen molar-refractivity contribution in [3.8, 4) is 5.75 Å². The first-order valence-electron chi connectivity index (χ1n) is 6.67. The molecule has 0 N–H and O–H groups in total. The highest BCUT2D eigenvalue weighted by Crippen LogP contribution is 2.11. The normalized spacial score (nSPS) is 10.1.